The summed E-state index contributed by atoms with van der Waals surface area (Å²) in [6.07, 6.45) is 0. The predicted octanol–water partition coefficient (Wildman–Crippen LogP) is 6.81. The van der Waals surface area contributed by atoms with E-state index in [-0.39, 0.29) is 5.41 Å². The fraction of sp³-hybridized carbons (Fsp3) is 0.0909. The highest BCUT2D eigenvalue weighted by molar-refractivity contribution is 6.58. The van der Waals surface area contributed by atoms with Crippen molar-refractivity contribution in [2.75, 3.05) is 4.90 Å². The van der Waals surface area contributed by atoms with E-state index in [4.69, 9.17) is 0 Å². The number of fused-ring (bicyclic) bond motifs is 3. The summed E-state index contributed by atoms with van der Waals surface area (Å²) in [5, 5.41) is 19.3. The van der Waals surface area contributed by atoms with E-state index in [1.54, 1.807) is 12.1 Å². The molecule has 180 valence electrons. The summed E-state index contributed by atoms with van der Waals surface area (Å²) in [5.74, 6) is 0. The summed E-state index contributed by atoms with van der Waals surface area (Å²) in [5.41, 5.74) is 10.9. The molecule has 0 fully saturated rings. The monoisotopic (exact) mass is 481 g/mol. The molecule has 0 unspecified atom stereocenters. The third-order valence-corrected chi connectivity index (χ3v) is 7.49. The zero-order chi connectivity index (χ0) is 25.6. The van der Waals surface area contributed by atoms with Gasteiger partial charge in [-0.2, -0.15) is 0 Å². The quantitative estimate of drug-likeness (QED) is 0.271. The van der Waals surface area contributed by atoms with Crippen LogP contribution in [-0.4, -0.2) is 17.2 Å². The highest BCUT2D eigenvalue weighted by Gasteiger charge is 2.35. The second kappa shape index (κ2) is 9.08. The predicted molar refractivity (Wildman–Crippen MR) is 154 cm³/mol. The van der Waals surface area contributed by atoms with E-state index >= 15 is 0 Å². The van der Waals surface area contributed by atoms with Crippen LogP contribution in [0.2, 0.25) is 0 Å². The molecule has 0 atom stereocenters. The lowest BCUT2D eigenvalue weighted by atomic mass is 9.80. The van der Waals surface area contributed by atoms with Gasteiger partial charge in [0.15, 0.2) is 0 Å². The third kappa shape index (κ3) is 4.05. The molecular weight excluding hydrogens is 453 g/mol. The Labute approximate surface area is 218 Å². The van der Waals surface area contributed by atoms with Crippen molar-refractivity contribution in [1.29, 1.82) is 0 Å². The van der Waals surface area contributed by atoms with Gasteiger partial charge in [0, 0.05) is 22.5 Å². The number of hydrogen-bond donors (Lipinski definition) is 2. The Morgan fingerprint density at radius 1 is 0.541 bits per heavy atom. The van der Waals surface area contributed by atoms with Crippen molar-refractivity contribution in [2.24, 2.45) is 0 Å². The smallest absolute Gasteiger partial charge is 0.423 e. The molecule has 0 amide bonds. The van der Waals surface area contributed by atoms with Crippen LogP contribution >= 0.6 is 0 Å². The average molecular weight is 481 g/mol. The highest BCUT2D eigenvalue weighted by Crippen LogP contribution is 2.50. The molecule has 0 bridgehead atoms. The Kier molecular flexibility index (Phi) is 5.71. The van der Waals surface area contributed by atoms with Gasteiger partial charge in [0.2, 0.25) is 0 Å². The van der Waals surface area contributed by atoms with E-state index in [2.05, 4.69) is 110 Å². The Bertz CT molecular complexity index is 1580. The Balaban J connectivity index is 1.51. The van der Waals surface area contributed by atoms with Crippen molar-refractivity contribution in [3.8, 4) is 22.3 Å². The minimum atomic E-state index is -1.50. The molecule has 4 heteroatoms. The largest absolute Gasteiger partial charge is 0.488 e. The molecular formula is C33H28BNO2. The molecule has 0 saturated carbocycles. The van der Waals surface area contributed by atoms with E-state index in [0.717, 1.165) is 28.2 Å². The molecule has 0 aromatic heterocycles. The van der Waals surface area contributed by atoms with Crippen LogP contribution in [0.4, 0.5) is 17.1 Å². The second-order valence-electron chi connectivity index (χ2n) is 10.1. The minimum absolute atomic E-state index is 0.107. The van der Waals surface area contributed by atoms with Gasteiger partial charge in [-0.15, -0.1) is 0 Å². The molecule has 37 heavy (non-hydrogen) atoms. The Hall–Kier alpha value is -4.12. The third-order valence-electron chi connectivity index (χ3n) is 7.49. The maximum Gasteiger partial charge on any atom is 0.488 e. The molecule has 1 aliphatic rings. The van der Waals surface area contributed by atoms with Gasteiger partial charge >= 0.3 is 7.12 Å². The number of nitrogens with zero attached hydrogens (tertiary/aromatic N) is 1. The normalized spacial score (nSPS) is 13.1. The van der Waals surface area contributed by atoms with Gasteiger partial charge in [0.05, 0.1) is 0 Å². The van der Waals surface area contributed by atoms with Crippen LogP contribution in [0.15, 0.2) is 121 Å². The molecule has 0 saturated heterocycles. The molecule has 5 aromatic rings. The van der Waals surface area contributed by atoms with Crippen LogP contribution < -0.4 is 10.4 Å². The lowest BCUT2D eigenvalue weighted by molar-refractivity contribution is 0.426. The Morgan fingerprint density at radius 3 is 1.92 bits per heavy atom. The van der Waals surface area contributed by atoms with Crippen molar-refractivity contribution in [2.45, 2.75) is 19.3 Å². The molecule has 3 nitrogen and oxygen atoms in total. The summed E-state index contributed by atoms with van der Waals surface area (Å²) in [6, 6.07) is 41.7. The van der Waals surface area contributed by atoms with Gasteiger partial charge in [-0.05, 0) is 75.2 Å². The zero-order valence-electron chi connectivity index (χ0n) is 21.0. The molecule has 0 spiro atoms. The van der Waals surface area contributed by atoms with Crippen LogP contribution in [0.1, 0.15) is 25.0 Å². The van der Waals surface area contributed by atoms with Gasteiger partial charge in [-0.1, -0.05) is 98.8 Å². The van der Waals surface area contributed by atoms with Crippen molar-refractivity contribution < 1.29 is 10.0 Å². The van der Waals surface area contributed by atoms with Crippen molar-refractivity contribution in [1.82, 2.24) is 0 Å². The lowest BCUT2D eigenvalue weighted by Crippen LogP contribution is -2.29. The number of anilines is 3. The highest BCUT2D eigenvalue weighted by atomic mass is 16.4. The van der Waals surface area contributed by atoms with Gasteiger partial charge < -0.3 is 14.9 Å². The first-order chi connectivity index (χ1) is 17.9. The second-order valence-corrected chi connectivity index (χ2v) is 10.1. The van der Waals surface area contributed by atoms with E-state index in [1.165, 1.54) is 22.3 Å². The van der Waals surface area contributed by atoms with Gasteiger partial charge in [0.25, 0.3) is 0 Å². The lowest BCUT2D eigenvalue weighted by Gasteiger charge is -2.28. The molecule has 6 rings (SSSR count). The van der Waals surface area contributed by atoms with E-state index < -0.39 is 7.12 Å². The molecule has 0 aliphatic heterocycles. The van der Waals surface area contributed by atoms with Crippen LogP contribution in [0, 0.1) is 0 Å². The maximum atomic E-state index is 9.64. The number of rotatable bonds is 5. The van der Waals surface area contributed by atoms with Crippen LogP contribution in [0.3, 0.4) is 0 Å². The van der Waals surface area contributed by atoms with E-state index in [0.29, 0.717) is 5.46 Å². The first kappa shape index (κ1) is 23.3. The summed E-state index contributed by atoms with van der Waals surface area (Å²) in [4.78, 5) is 2.24. The summed E-state index contributed by atoms with van der Waals surface area (Å²) < 4.78 is 0. The maximum absolute atomic E-state index is 9.64. The molecule has 1 aliphatic carbocycles. The van der Waals surface area contributed by atoms with Crippen molar-refractivity contribution >= 4 is 29.6 Å². The van der Waals surface area contributed by atoms with E-state index in [9.17, 15) is 10.0 Å². The standard InChI is InChI=1S/C33H28BNO2/c1-33(2)31-14-7-6-13-29(31)30-20-19-28(22-32(30)33)35(26-17-15-25(16-18-26)34(36)37)27-12-8-11-24(21-27)23-9-4-3-5-10-23/h3-22,36-37H,1-2H3. The molecule has 5 aromatic carbocycles. The minimum Gasteiger partial charge on any atom is -0.423 e. The van der Waals surface area contributed by atoms with Crippen molar-refractivity contribution in [3.63, 3.8) is 0 Å². The summed E-state index contributed by atoms with van der Waals surface area (Å²) in [7, 11) is -1.50. The molecule has 2 N–H and O–H groups in total. The van der Waals surface area contributed by atoms with Crippen LogP contribution in [0.5, 0.6) is 0 Å². The zero-order valence-corrected chi connectivity index (χ0v) is 21.0. The number of hydrogen-bond acceptors (Lipinski definition) is 3. The number of benzene rings is 5. The van der Waals surface area contributed by atoms with E-state index in [1.807, 2.05) is 18.2 Å². The van der Waals surface area contributed by atoms with Crippen LogP contribution in [0.25, 0.3) is 22.3 Å². The molecule has 0 heterocycles. The van der Waals surface area contributed by atoms with Gasteiger partial charge in [0.1, 0.15) is 0 Å². The SMILES string of the molecule is CC1(C)c2ccccc2-c2ccc(N(c3ccc(B(O)O)cc3)c3cccc(-c4ccccc4)c3)cc21. The van der Waals surface area contributed by atoms with Crippen molar-refractivity contribution in [3.05, 3.63) is 132 Å². The summed E-state index contributed by atoms with van der Waals surface area (Å²) in [6.45, 7) is 4.58. The molecule has 0 radical (unpaired) electrons. The topological polar surface area (TPSA) is 43.7 Å². The Morgan fingerprint density at radius 2 is 1.16 bits per heavy atom. The van der Waals surface area contributed by atoms with Crippen LogP contribution in [-0.2, 0) is 5.41 Å². The first-order valence-electron chi connectivity index (χ1n) is 12.6. The van der Waals surface area contributed by atoms with Gasteiger partial charge in [-0.25, -0.2) is 0 Å². The first-order valence-corrected chi connectivity index (χ1v) is 12.6. The fourth-order valence-electron chi connectivity index (χ4n) is 5.53. The van der Waals surface area contributed by atoms with Gasteiger partial charge in [-0.3, -0.25) is 0 Å². The average Bonchev–Trinajstić information content (AvgIpc) is 3.16. The summed E-state index contributed by atoms with van der Waals surface area (Å²) >= 11 is 0. The fourth-order valence-corrected chi connectivity index (χ4v) is 5.53.